The second kappa shape index (κ2) is 11.1. The van der Waals surface area contributed by atoms with Crippen molar-refractivity contribution in [2.75, 3.05) is 11.9 Å². The maximum absolute atomic E-state index is 15.7. The molecular formula is C30H28Cl2F2N4O2. The van der Waals surface area contributed by atoms with Crippen molar-refractivity contribution in [3.05, 3.63) is 99.0 Å². The molecule has 1 aliphatic heterocycles. The monoisotopic (exact) mass is 584 g/mol. The van der Waals surface area contributed by atoms with Gasteiger partial charge in [0, 0.05) is 39.9 Å². The van der Waals surface area contributed by atoms with Gasteiger partial charge < -0.3 is 16.0 Å². The maximum atomic E-state index is 15.7. The van der Waals surface area contributed by atoms with Gasteiger partial charge in [-0.15, -0.1) is 0 Å². The number of carbonyl (C=O) groups excluding carboxylic acids is 2. The second-order valence-electron chi connectivity index (χ2n) is 11.1. The molecule has 0 aliphatic carbocycles. The van der Waals surface area contributed by atoms with Crippen LogP contribution < -0.4 is 11.1 Å². The van der Waals surface area contributed by atoms with Crippen molar-refractivity contribution in [3.8, 4) is 6.07 Å². The average molecular weight is 585 g/mol. The summed E-state index contributed by atoms with van der Waals surface area (Å²) in [7, 11) is 0. The lowest BCUT2D eigenvalue weighted by molar-refractivity contribution is 0.1000. The van der Waals surface area contributed by atoms with Gasteiger partial charge in [-0.2, -0.15) is 5.26 Å². The van der Waals surface area contributed by atoms with Crippen molar-refractivity contribution in [3.63, 3.8) is 0 Å². The molecule has 1 aliphatic rings. The summed E-state index contributed by atoms with van der Waals surface area (Å²) in [6.07, 6.45) is 0.415. The van der Waals surface area contributed by atoms with Crippen LogP contribution in [0.1, 0.15) is 54.7 Å². The highest BCUT2D eigenvalue weighted by molar-refractivity contribution is 6.31. The first-order valence-electron chi connectivity index (χ1n) is 12.6. The van der Waals surface area contributed by atoms with Crippen LogP contribution >= 0.6 is 23.2 Å². The minimum Gasteiger partial charge on any atom is -0.366 e. The highest BCUT2D eigenvalue weighted by Crippen LogP contribution is 2.56. The van der Waals surface area contributed by atoms with Gasteiger partial charge in [0.15, 0.2) is 0 Å². The van der Waals surface area contributed by atoms with Crippen LogP contribution in [-0.4, -0.2) is 23.4 Å². The molecule has 3 aromatic rings. The molecule has 0 bridgehead atoms. The Hall–Kier alpha value is -3.67. The lowest BCUT2D eigenvalue weighted by atomic mass is 9.63. The molecule has 10 heteroatoms. The summed E-state index contributed by atoms with van der Waals surface area (Å²) in [5, 5.41) is 13.6. The predicted octanol–water partition coefficient (Wildman–Crippen LogP) is 7.47. The van der Waals surface area contributed by atoms with Crippen molar-refractivity contribution in [1.82, 2.24) is 4.90 Å². The van der Waals surface area contributed by atoms with E-state index in [1.807, 2.05) is 20.8 Å². The molecule has 0 radical (unpaired) electrons. The molecule has 0 saturated carbocycles. The van der Waals surface area contributed by atoms with Crippen LogP contribution in [0.15, 0.2) is 60.7 Å². The first kappa shape index (κ1) is 29.3. The zero-order valence-electron chi connectivity index (χ0n) is 22.1. The van der Waals surface area contributed by atoms with Gasteiger partial charge in [-0.05, 0) is 54.3 Å². The minimum atomic E-state index is -1.69. The van der Waals surface area contributed by atoms with E-state index >= 15 is 8.78 Å². The molecule has 1 saturated heterocycles. The Morgan fingerprint density at radius 1 is 1.12 bits per heavy atom. The van der Waals surface area contributed by atoms with Gasteiger partial charge in [-0.25, -0.2) is 13.6 Å². The Morgan fingerprint density at radius 3 is 2.38 bits per heavy atom. The van der Waals surface area contributed by atoms with Gasteiger partial charge in [0.05, 0.1) is 17.1 Å². The molecule has 3 aromatic carbocycles. The van der Waals surface area contributed by atoms with Crippen LogP contribution in [0.4, 0.5) is 19.3 Å². The molecule has 3 amide bonds. The number of rotatable bonds is 5. The molecule has 3 N–H and O–H groups in total. The van der Waals surface area contributed by atoms with E-state index in [0.29, 0.717) is 12.1 Å². The fraction of sp³-hybridized carbons (Fsp3) is 0.300. The van der Waals surface area contributed by atoms with E-state index in [9.17, 15) is 14.9 Å². The Labute approximate surface area is 241 Å². The van der Waals surface area contributed by atoms with E-state index in [-0.39, 0.29) is 38.7 Å². The number of nitrogens with zero attached hydrogens (tertiary/aromatic N) is 2. The van der Waals surface area contributed by atoms with Gasteiger partial charge in [0.25, 0.3) is 0 Å². The predicted molar refractivity (Wildman–Crippen MR) is 151 cm³/mol. The molecule has 1 heterocycles. The van der Waals surface area contributed by atoms with Crippen LogP contribution in [0.5, 0.6) is 0 Å². The zero-order valence-corrected chi connectivity index (χ0v) is 23.7. The third-order valence-corrected chi connectivity index (χ3v) is 7.71. The van der Waals surface area contributed by atoms with E-state index in [4.69, 9.17) is 28.9 Å². The van der Waals surface area contributed by atoms with Crippen molar-refractivity contribution >= 4 is 40.8 Å². The van der Waals surface area contributed by atoms with Crippen molar-refractivity contribution < 1.29 is 18.4 Å². The summed E-state index contributed by atoms with van der Waals surface area (Å²) in [6, 6.07) is 14.7. The lowest BCUT2D eigenvalue weighted by Crippen LogP contribution is -2.42. The quantitative estimate of drug-likeness (QED) is 0.325. The largest absolute Gasteiger partial charge is 0.366 e. The number of nitrogens with two attached hydrogens (primary N) is 1. The third kappa shape index (κ3) is 5.49. The summed E-state index contributed by atoms with van der Waals surface area (Å²) in [4.78, 5) is 26.6. The summed E-state index contributed by atoms with van der Waals surface area (Å²) in [5.74, 6) is -2.75. The number of hydrogen-bond donors (Lipinski definition) is 2. The van der Waals surface area contributed by atoms with Crippen LogP contribution in [-0.2, 0) is 5.41 Å². The molecule has 40 heavy (non-hydrogen) atoms. The van der Waals surface area contributed by atoms with Crippen LogP contribution in [0.2, 0.25) is 10.0 Å². The first-order chi connectivity index (χ1) is 18.8. The number of hydrogen-bond acceptors (Lipinski definition) is 3. The van der Waals surface area contributed by atoms with Gasteiger partial charge in [0.2, 0.25) is 5.91 Å². The van der Waals surface area contributed by atoms with Crippen molar-refractivity contribution in [1.29, 1.82) is 5.26 Å². The number of likely N-dealkylation sites (tertiary alicyclic amines) is 1. The maximum Gasteiger partial charge on any atom is 0.322 e. The first-order valence-corrected chi connectivity index (χ1v) is 13.3. The molecule has 0 aromatic heterocycles. The Balaban J connectivity index is 1.92. The van der Waals surface area contributed by atoms with E-state index < -0.39 is 40.9 Å². The van der Waals surface area contributed by atoms with E-state index in [2.05, 4.69) is 11.4 Å². The third-order valence-electron chi connectivity index (χ3n) is 7.18. The summed E-state index contributed by atoms with van der Waals surface area (Å²) >= 11 is 12.2. The molecule has 1 unspecified atom stereocenters. The normalized spacial score (nSPS) is 20.7. The minimum absolute atomic E-state index is 0.0131. The van der Waals surface area contributed by atoms with E-state index in [1.54, 1.807) is 0 Å². The number of benzene rings is 3. The fourth-order valence-electron chi connectivity index (χ4n) is 5.58. The molecule has 208 valence electrons. The molecule has 6 nitrogen and oxygen atoms in total. The number of anilines is 1. The number of halogens is 4. The standard InChI is InChI=1S/C30H28Cl2F2N4O2/c1-29(2,3)14-18-15-38(28(40)37-20-10-7-17(8-11-20)27(36)39)26(21-5-4-6-23(32)25(21)34)30(18,16-35)22-12-9-19(31)13-24(22)33/h4-13,18,26H,14-15H2,1-3H3,(H2,36,39)(H,37,40)/t18?,26-,30-/m1/s1. The highest BCUT2D eigenvalue weighted by atomic mass is 35.5. The number of nitrogens with one attached hydrogen (secondary N) is 1. The number of amides is 3. The Bertz CT molecular complexity index is 1500. The second-order valence-corrected chi connectivity index (χ2v) is 12.0. The van der Waals surface area contributed by atoms with Crippen LogP contribution in [0, 0.1) is 34.3 Å². The molecular weight excluding hydrogens is 557 g/mol. The van der Waals surface area contributed by atoms with Gasteiger partial charge in [0.1, 0.15) is 17.0 Å². The molecule has 4 rings (SSSR count). The molecule has 1 fully saturated rings. The zero-order chi connectivity index (χ0) is 29.4. The van der Waals surface area contributed by atoms with Gasteiger partial charge >= 0.3 is 6.03 Å². The van der Waals surface area contributed by atoms with Crippen molar-refractivity contribution in [2.45, 2.75) is 38.6 Å². The summed E-state index contributed by atoms with van der Waals surface area (Å²) in [5.41, 5.74) is 3.89. The number of nitriles is 1. The topological polar surface area (TPSA) is 99.2 Å². The summed E-state index contributed by atoms with van der Waals surface area (Å²) < 4.78 is 31.4. The fourth-order valence-corrected chi connectivity index (χ4v) is 5.92. The number of primary amides is 1. The van der Waals surface area contributed by atoms with Crippen LogP contribution in [0.3, 0.4) is 0 Å². The van der Waals surface area contributed by atoms with E-state index in [1.165, 1.54) is 59.5 Å². The van der Waals surface area contributed by atoms with Gasteiger partial charge in [-0.1, -0.05) is 62.2 Å². The Morgan fingerprint density at radius 2 is 1.80 bits per heavy atom. The highest BCUT2D eigenvalue weighted by Gasteiger charge is 2.60. The van der Waals surface area contributed by atoms with E-state index in [0.717, 1.165) is 6.07 Å². The molecule has 3 atom stereocenters. The van der Waals surface area contributed by atoms with Gasteiger partial charge in [-0.3, -0.25) is 4.79 Å². The lowest BCUT2D eigenvalue weighted by Gasteiger charge is -2.38. The SMILES string of the molecule is CC(C)(C)CC1CN(C(=O)Nc2ccc(C(N)=O)cc2)[C@H](c2cccc(Cl)c2F)[C@@]1(C#N)c1ccc(Cl)cc1F. The number of carbonyl (C=O) groups is 2. The average Bonchev–Trinajstić information content (AvgIpc) is 3.19. The summed E-state index contributed by atoms with van der Waals surface area (Å²) in [6.45, 7) is 5.96. The Kier molecular flexibility index (Phi) is 8.11. The molecule has 0 spiro atoms. The van der Waals surface area contributed by atoms with Crippen LogP contribution in [0.25, 0.3) is 0 Å². The van der Waals surface area contributed by atoms with Crippen molar-refractivity contribution in [2.24, 2.45) is 17.1 Å². The number of urea groups is 1. The smallest absolute Gasteiger partial charge is 0.322 e.